The van der Waals surface area contributed by atoms with Crippen molar-refractivity contribution >= 4 is 24.2 Å². The maximum Gasteiger partial charge on any atom is 0.239 e. The molecule has 0 saturated carbocycles. The summed E-state index contributed by atoms with van der Waals surface area (Å²) in [4.78, 5) is 28.2. The number of piperidine rings is 1. The van der Waals surface area contributed by atoms with Gasteiger partial charge in [-0.2, -0.15) is 0 Å². The summed E-state index contributed by atoms with van der Waals surface area (Å²) in [6.45, 7) is 2.29. The van der Waals surface area contributed by atoms with Gasteiger partial charge in [-0.1, -0.05) is 30.3 Å². The molecular weight excluding hydrogens is 326 g/mol. The Labute approximate surface area is 149 Å². The highest BCUT2D eigenvalue weighted by molar-refractivity contribution is 5.85. The second-order valence-corrected chi connectivity index (χ2v) is 6.54. The van der Waals surface area contributed by atoms with Gasteiger partial charge >= 0.3 is 0 Å². The van der Waals surface area contributed by atoms with Crippen LogP contribution in [-0.2, 0) is 16.0 Å². The van der Waals surface area contributed by atoms with Crippen molar-refractivity contribution in [1.82, 2.24) is 9.80 Å². The van der Waals surface area contributed by atoms with Gasteiger partial charge in [0.2, 0.25) is 11.8 Å². The Hall–Kier alpha value is -1.59. The molecule has 2 aliphatic rings. The fraction of sp³-hybridized carbons (Fsp3) is 0.556. The highest BCUT2D eigenvalue weighted by Crippen LogP contribution is 2.22. The van der Waals surface area contributed by atoms with Gasteiger partial charge in [0.05, 0.1) is 6.04 Å². The van der Waals surface area contributed by atoms with Crippen LogP contribution in [0.4, 0.5) is 0 Å². The Morgan fingerprint density at radius 3 is 2.42 bits per heavy atom. The largest absolute Gasteiger partial charge is 0.341 e. The molecule has 1 atom stereocenters. The van der Waals surface area contributed by atoms with Gasteiger partial charge in [-0.3, -0.25) is 9.59 Å². The summed E-state index contributed by atoms with van der Waals surface area (Å²) in [6, 6.07) is 9.70. The van der Waals surface area contributed by atoms with Crippen molar-refractivity contribution < 1.29 is 9.59 Å². The molecule has 24 heavy (non-hydrogen) atoms. The number of halogens is 1. The minimum absolute atomic E-state index is 0. The van der Waals surface area contributed by atoms with Gasteiger partial charge in [0.15, 0.2) is 0 Å². The zero-order valence-corrected chi connectivity index (χ0v) is 14.7. The van der Waals surface area contributed by atoms with Crippen molar-refractivity contribution in [2.45, 2.75) is 44.2 Å². The molecule has 0 spiro atoms. The lowest BCUT2D eigenvalue weighted by Gasteiger charge is -2.37. The molecule has 0 unspecified atom stereocenters. The van der Waals surface area contributed by atoms with Crippen molar-refractivity contribution in [2.24, 2.45) is 5.73 Å². The molecule has 3 rings (SSSR count). The van der Waals surface area contributed by atoms with Crippen LogP contribution in [-0.4, -0.2) is 53.3 Å². The van der Waals surface area contributed by atoms with E-state index in [0.717, 1.165) is 31.4 Å². The Morgan fingerprint density at radius 1 is 1.17 bits per heavy atom. The van der Waals surface area contributed by atoms with Crippen LogP contribution in [0.2, 0.25) is 0 Å². The van der Waals surface area contributed by atoms with Crippen LogP contribution in [0.25, 0.3) is 0 Å². The summed E-state index contributed by atoms with van der Waals surface area (Å²) in [5.41, 5.74) is 7.19. The average molecular weight is 352 g/mol. The third-order valence-corrected chi connectivity index (χ3v) is 4.94. The maximum atomic E-state index is 12.5. The number of nitrogens with zero attached hydrogens (tertiary/aromatic N) is 2. The van der Waals surface area contributed by atoms with E-state index in [1.165, 1.54) is 0 Å². The number of carbonyl (C=O) groups excluding carboxylic acids is 2. The highest BCUT2D eigenvalue weighted by Gasteiger charge is 2.32. The van der Waals surface area contributed by atoms with E-state index >= 15 is 0 Å². The van der Waals surface area contributed by atoms with E-state index in [-0.39, 0.29) is 24.2 Å². The fourth-order valence-electron chi connectivity index (χ4n) is 3.64. The lowest BCUT2D eigenvalue weighted by molar-refractivity contribution is -0.135. The molecule has 2 amide bonds. The molecule has 2 N–H and O–H groups in total. The predicted molar refractivity (Wildman–Crippen MR) is 95.9 cm³/mol. The Kier molecular flexibility index (Phi) is 6.63. The number of nitrogens with two attached hydrogens (primary N) is 1. The van der Waals surface area contributed by atoms with E-state index in [4.69, 9.17) is 5.73 Å². The van der Waals surface area contributed by atoms with Gasteiger partial charge in [-0.05, 0) is 31.2 Å². The normalized spacial score (nSPS) is 20.0. The second-order valence-electron chi connectivity index (χ2n) is 6.54. The number of carbonyl (C=O) groups is 2. The number of likely N-dealkylation sites (tertiary alicyclic amines) is 2. The smallest absolute Gasteiger partial charge is 0.239 e. The molecule has 2 saturated heterocycles. The first-order valence-corrected chi connectivity index (χ1v) is 8.53. The van der Waals surface area contributed by atoms with Gasteiger partial charge < -0.3 is 15.5 Å². The summed E-state index contributed by atoms with van der Waals surface area (Å²) in [5.74, 6) is 0.301. The molecule has 6 heteroatoms. The van der Waals surface area contributed by atoms with Crippen molar-refractivity contribution in [1.29, 1.82) is 0 Å². The molecule has 0 aliphatic carbocycles. The van der Waals surface area contributed by atoms with Crippen molar-refractivity contribution in [3.8, 4) is 0 Å². The first kappa shape index (κ1) is 18.7. The maximum absolute atomic E-state index is 12.5. The summed E-state index contributed by atoms with van der Waals surface area (Å²) in [5, 5.41) is 0. The molecule has 2 fully saturated rings. The minimum Gasteiger partial charge on any atom is -0.341 e. The van der Waals surface area contributed by atoms with Gasteiger partial charge in [0.25, 0.3) is 0 Å². The van der Waals surface area contributed by atoms with Crippen LogP contribution in [0.5, 0.6) is 0 Å². The molecule has 5 nitrogen and oxygen atoms in total. The van der Waals surface area contributed by atoms with E-state index in [2.05, 4.69) is 0 Å². The second kappa shape index (κ2) is 8.49. The Bertz CT molecular complexity index is 559. The zero-order chi connectivity index (χ0) is 16.2. The van der Waals surface area contributed by atoms with E-state index in [1.54, 1.807) is 0 Å². The first-order chi connectivity index (χ1) is 11.1. The lowest BCUT2D eigenvalue weighted by atomic mass is 10.0. The quantitative estimate of drug-likeness (QED) is 0.895. The first-order valence-electron chi connectivity index (χ1n) is 8.53. The number of rotatable bonds is 4. The summed E-state index contributed by atoms with van der Waals surface area (Å²) < 4.78 is 0. The van der Waals surface area contributed by atoms with Crippen LogP contribution in [0.3, 0.4) is 0 Å². The van der Waals surface area contributed by atoms with E-state index in [0.29, 0.717) is 32.0 Å². The van der Waals surface area contributed by atoms with Crippen LogP contribution >= 0.6 is 12.4 Å². The lowest BCUT2D eigenvalue weighted by Crippen LogP contribution is -2.51. The molecular formula is C18H26ClN3O2. The molecule has 0 bridgehead atoms. The third-order valence-electron chi connectivity index (χ3n) is 4.94. The van der Waals surface area contributed by atoms with Crippen LogP contribution < -0.4 is 5.73 Å². The molecule has 1 aromatic rings. The van der Waals surface area contributed by atoms with E-state index in [9.17, 15) is 9.59 Å². The van der Waals surface area contributed by atoms with Gasteiger partial charge in [0.1, 0.15) is 0 Å². The standard InChI is InChI=1S/C18H25N3O2.ClH/c19-16(13-14-5-2-1-3-6-14)18(23)20-11-8-15(9-12-20)21-10-4-7-17(21)22;/h1-3,5-6,15-16H,4,7-13,19H2;1H/t16-;/m0./s1. The SMILES string of the molecule is Cl.N[C@@H](Cc1ccccc1)C(=O)N1CCC(N2CCCC2=O)CC1. The predicted octanol–water partition coefficient (Wildman–Crippen LogP) is 1.59. The summed E-state index contributed by atoms with van der Waals surface area (Å²) in [7, 11) is 0. The third kappa shape index (κ3) is 4.28. The molecule has 132 valence electrons. The Balaban J connectivity index is 0.00000208. The van der Waals surface area contributed by atoms with Gasteiger partial charge in [-0.25, -0.2) is 0 Å². The van der Waals surface area contributed by atoms with E-state index < -0.39 is 6.04 Å². The fourth-order valence-corrected chi connectivity index (χ4v) is 3.64. The summed E-state index contributed by atoms with van der Waals surface area (Å²) in [6.07, 6.45) is 3.97. The van der Waals surface area contributed by atoms with E-state index in [1.807, 2.05) is 40.1 Å². The summed E-state index contributed by atoms with van der Waals surface area (Å²) >= 11 is 0. The van der Waals surface area contributed by atoms with Gasteiger partial charge in [0, 0.05) is 32.1 Å². The van der Waals surface area contributed by atoms with Gasteiger partial charge in [-0.15, -0.1) is 12.4 Å². The van der Waals surface area contributed by atoms with Crippen LogP contribution in [0.15, 0.2) is 30.3 Å². The number of hydrogen-bond donors (Lipinski definition) is 1. The molecule has 1 aromatic carbocycles. The topological polar surface area (TPSA) is 66.6 Å². The number of benzene rings is 1. The molecule has 2 heterocycles. The Morgan fingerprint density at radius 2 is 1.83 bits per heavy atom. The van der Waals surface area contributed by atoms with Crippen molar-refractivity contribution in [3.63, 3.8) is 0 Å². The van der Waals surface area contributed by atoms with Crippen molar-refractivity contribution in [2.75, 3.05) is 19.6 Å². The molecule has 0 aromatic heterocycles. The number of hydrogen-bond acceptors (Lipinski definition) is 3. The monoisotopic (exact) mass is 351 g/mol. The minimum atomic E-state index is -0.484. The van der Waals surface area contributed by atoms with Crippen LogP contribution in [0, 0.1) is 0 Å². The molecule has 2 aliphatic heterocycles. The highest BCUT2D eigenvalue weighted by atomic mass is 35.5. The zero-order valence-electron chi connectivity index (χ0n) is 13.9. The number of amides is 2. The molecule has 0 radical (unpaired) electrons. The van der Waals surface area contributed by atoms with Crippen LogP contribution in [0.1, 0.15) is 31.2 Å². The van der Waals surface area contributed by atoms with Crippen molar-refractivity contribution in [3.05, 3.63) is 35.9 Å². The average Bonchev–Trinajstić information content (AvgIpc) is 3.01.